The number of hydrogen-bond donors (Lipinski definition) is 2. The van der Waals surface area contributed by atoms with Crippen molar-refractivity contribution in [2.45, 2.75) is 26.7 Å². The van der Waals surface area contributed by atoms with Gasteiger partial charge in [-0.1, -0.05) is 42.0 Å². The van der Waals surface area contributed by atoms with Gasteiger partial charge in [-0.3, -0.25) is 0 Å². The van der Waals surface area contributed by atoms with E-state index in [0.717, 1.165) is 29.0 Å². The van der Waals surface area contributed by atoms with Gasteiger partial charge in [0.1, 0.15) is 5.75 Å². The fourth-order valence-electron chi connectivity index (χ4n) is 3.23. The van der Waals surface area contributed by atoms with Gasteiger partial charge in [-0.25, -0.2) is 0 Å². The average molecular weight is 449 g/mol. The van der Waals surface area contributed by atoms with E-state index in [2.05, 4.69) is 5.32 Å². The average Bonchev–Trinajstić information content (AvgIpc) is 2.80. The Hall–Kier alpha value is -3.22. The van der Waals surface area contributed by atoms with Crippen LogP contribution in [0.25, 0.3) is 11.5 Å². The van der Waals surface area contributed by atoms with E-state index in [4.69, 9.17) is 22.1 Å². The number of ether oxygens (including phenoxy) is 1. The fourth-order valence-corrected chi connectivity index (χ4v) is 3.54. The van der Waals surface area contributed by atoms with Crippen LogP contribution in [0.15, 0.2) is 73.1 Å². The smallest absolute Gasteiger partial charge is 0.238 e. The zero-order chi connectivity index (χ0) is 22.9. The Kier molecular flexibility index (Phi) is 8.36. The summed E-state index contributed by atoms with van der Waals surface area (Å²) in [6.07, 6.45) is 5.13. The summed E-state index contributed by atoms with van der Waals surface area (Å²) < 4.78 is 7.23. The van der Waals surface area contributed by atoms with Gasteiger partial charge in [-0.2, -0.15) is 4.57 Å². The molecule has 6 heteroatoms. The van der Waals surface area contributed by atoms with Crippen molar-refractivity contribution in [3.8, 4) is 5.75 Å². The molecule has 0 atom stereocenters. The Bertz CT molecular complexity index is 1060. The number of aromatic nitrogens is 1. The SMILES string of the molecule is CCOc1ccc(NC(=S)/C(=C(\[O-])c2ccc(C)cc2)[n+]2ccc(CCCO)cc2)cc1. The molecule has 0 aliphatic carbocycles. The topological polar surface area (TPSA) is 68.4 Å². The second-order valence-corrected chi connectivity index (χ2v) is 7.80. The number of rotatable bonds is 9. The Balaban J connectivity index is 1.95. The lowest BCUT2D eigenvalue weighted by atomic mass is 10.1. The van der Waals surface area contributed by atoms with Crippen molar-refractivity contribution in [2.24, 2.45) is 0 Å². The van der Waals surface area contributed by atoms with Crippen LogP contribution >= 0.6 is 12.2 Å². The van der Waals surface area contributed by atoms with Crippen LogP contribution < -0.4 is 19.7 Å². The van der Waals surface area contributed by atoms with E-state index in [1.807, 2.05) is 86.9 Å². The highest BCUT2D eigenvalue weighted by Crippen LogP contribution is 2.20. The second kappa shape index (κ2) is 11.4. The maximum atomic E-state index is 13.4. The molecule has 1 heterocycles. The first-order valence-electron chi connectivity index (χ1n) is 10.7. The van der Waals surface area contributed by atoms with Gasteiger partial charge >= 0.3 is 0 Å². The fraction of sp³-hybridized carbons (Fsp3) is 0.231. The van der Waals surface area contributed by atoms with Crippen molar-refractivity contribution in [3.63, 3.8) is 0 Å². The van der Waals surface area contributed by atoms with Gasteiger partial charge in [0, 0.05) is 24.4 Å². The summed E-state index contributed by atoms with van der Waals surface area (Å²) in [5, 5.41) is 25.7. The maximum absolute atomic E-state index is 13.4. The third-order valence-corrected chi connectivity index (χ3v) is 5.24. The van der Waals surface area contributed by atoms with Crippen LogP contribution in [0.4, 0.5) is 5.69 Å². The number of aliphatic hydroxyl groups excluding tert-OH is 1. The molecule has 0 spiro atoms. The molecule has 0 aliphatic heterocycles. The summed E-state index contributed by atoms with van der Waals surface area (Å²) in [7, 11) is 0. The number of hydrogen-bond acceptors (Lipinski definition) is 4. The first kappa shape index (κ1) is 23.4. The first-order chi connectivity index (χ1) is 15.5. The quantitative estimate of drug-likeness (QED) is 0.226. The van der Waals surface area contributed by atoms with E-state index >= 15 is 0 Å². The molecule has 5 nitrogen and oxygen atoms in total. The standard InChI is InChI=1S/C26H28N2O3S/c1-3-31-23-12-10-22(11-13-23)27-26(32)24(25(30)21-8-6-19(2)7-9-21)28-16-14-20(15-17-28)5-4-18-29/h6-17,29H,3-5,18H2,1-2H3,(H-,27,30,32). The predicted molar refractivity (Wildman–Crippen MR) is 130 cm³/mol. The lowest BCUT2D eigenvalue weighted by Crippen LogP contribution is -2.40. The molecule has 0 unspecified atom stereocenters. The predicted octanol–water partition coefficient (Wildman–Crippen LogP) is 3.73. The molecule has 0 saturated carbocycles. The summed E-state index contributed by atoms with van der Waals surface area (Å²) in [6.45, 7) is 4.66. The van der Waals surface area contributed by atoms with Crippen molar-refractivity contribution in [2.75, 3.05) is 18.5 Å². The zero-order valence-electron chi connectivity index (χ0n) is 18.4. The molecule has 2 N–H and O–H groups in total. The second-order valence-electron chi connectivity index (χ2n) is 7.40. The monoisotopic (exact) mass is 448 g/mol. The number of nitrogens with one attached hydrogen (secondary N) is 1. The molecule has 1 aromatic heterocycles. The van der Waals surface area contributed by atoms with E-state index in [1.54, 1.807) is 4.57 Å². The number of aliphatic hydroxyl groups is 1. The maximum Gasteiger partial charge on any atom is 0.238 e. The van der Waals surface area contributed by atoms with Gasteiger partial charge in [0.15, 0.2) is 17.4 Å². The van der Waals surface area contributed by atoms with Crippen LogP contribution in [0.1, 0.15) is 30.0 Å². The van der Waals surface area contributed by atoms with Crippen molar-refractivity contribution in [1.82, 2.24) is 0 Å². The van der Waals surface area contributed by atoms with Crippen molar-refractivity contribution in [3.05, 3.63) is 89.7 Å². The number of nitrogens with zero attached hydrogens (tertiary/aromatic N) is 1. The summed E-state index contributed by atoms with van der Waals surface area (Å²) >= 11 is 5.67. The van der Waals surface area contributed by atoms with E-state index in [-0.39, 0.29) is 12.4 Å². The van der Waals surface area contributed by atoms with Crippen LogP contribution in [0.5, 0.6) is 5.75 Å². The molecule has 3 rings (SSSR count). The van der Waals surface area contributed by atoms with Crippen LogP contribution in [-0.2, 0) is 6.42 Å². The molecule has 2 aromatic carbocycles. The van der Waals surface area contributed by atoms with Crippen LogP contribution in [0.2, 0.25) is 0 Å². The minimum Gasteiger partial charge on any atom is -0.867 e. The highest BCUT2D eigenvalue weighted by Gasteiger charge is 2.19. The molecule has 0 aliphatic rings. The van der Waals surface area contributed by atoms with Crippen molar-refractivity contribution >= 4 is 34.3 Å². The van der Waals surface area contributed by atoms with E-state index in [1.165, 1.54) is 0 Å². The van der Waals surface area contributed by atoms with Gasteiger partial charge in [-0.15, -0.1) is 0 Å². The molecule has 166 valence electrons. The van der Waals surface area contributed by atoms with Crippen LogP contribution in [-0.4, -0.2) is 23.3 Å². The number of benzene rings is 2. The number of anilines is 1. The van der Waals surface area contributed by atoms with Gasteiger partial charge < -0.3 is 20.3 Å². The lowest BCUT2D eigenvalue weighted by molar-refractivity contribution is -0.577. The Morgan fingerprint density at radius 3 is 2.28 bits per heavy atom. The minimum atomic E-state index is -0.165. The third kappa shape index (κ3) is 6.15. The van der Waals surface area contributed by atoms with Gasteiger partial charge in [0.25, 0.3) is 0 Å². The molecule has 3 aromatic rings. The Morgan fingerprint density at radius 2 is 1.69 bits per heavy atom. The van der Waals surface area contributed by atoms with E-state index in [0.29, 0.717) is 29.3 Å². The van der Waals surface area contributed by atoms with Crippen molar-refractivity contribution < 1.29 is 19.5 Å². The molecular formula is C26H28N2O3S. The molecule has 0 fully saturated rings. The number of pyridine rings is 1. The Labute approximate surface area is 194 Å². The van der Waals surface area contributed by atoms with Gasteiger partial charge in [0.05, 0.1) is 6.61 Å². The normalized spacial score (nSPS) is 11.6. The Morgan fingerprint density at radius 1 is 1.03 bits per heavy atom. The number of aryl methyl sites for hydroxylation is 2. The van der Waals surface area contributed by atoms with Gasteiger partial charge in [0.2, 0.25) is 5.70 Å². The minimum absolute atomic E-state index is 0.147. The third-order valence-electron chi connectivity index (χ3n) is 4.95. The lowest BCUT2D eigenvalue weighted by Gasteiger charge is -2.17. The molecule has 0 bridgehead atoms. The van der Waals surface area contributed by atoms with Crippen molar-refractivity contribution in [1.29, 1.82) is 0 Å². The summed E-state index contributed by atoms with van der Waals surface area (Å²) in [4.78, 5) is 0.327. The molecular weight excluding hydrogens is 420 g/mol. The van der Waals surface area contributed by atoms with E-state index in [9.17, 15) is 5.11 Å². The summed E-state index contributed by atoms with van der Waals surface area (Å²) in [6, 6.07) is 18.8. The molecule has 0 radical (unpaired) electrons. The highest BCUT2D eigenvalue weighted by atomic mass is 32.1. The molecule has 0 amide bonds. The first-order valence-corrected chi connectivity index (χ1v) is 11.1. The highest BCUT2D eigenvalue weighted by molar-refractivity contribution is 7.81. The van der Waals surface area contributed by atoms with Gasteiger partial charge in [-0.05, 0) is 67.8 Å². The number of thiocarbonyl (C=S) groups is 1. The van der Waals surface area contributed by atoms with Crippen LogP contribution in [0, 0.1) is 6.92 Å². The molecule has 32 heavy (non-hydrogen) atoms. The van der Waals surface area contributed by atoms with E-state index < -0.39 is 0 Å². The largest absolute Gasteiger partial charge is 0.867 e. The summed E-state index contributed by atoms with van der Waals surface area (Å²) in [5.41, 5.74) is 3.87. The van der Waals surface area contributed by atoms with Crippen LogP contribution in [0.3, 0.4) is 0 Å². The molecule has 0 saturated heterocycles. The zero-order valence-corrected chi connectivity index (χ0v) is 19.2. The summed E-state index contributed by atoms with van der Waals surface area (Å²) in [5.74, 6) is 0.610.